The summed E-state index contributed by atoms with van der Waals surface area (Å²) in [6.07, 6.45) is 4.00. The molecule has 3 heterocycles. The van der Waals surface area contributed by atoms with Crippen LogP contribution in [0.1, 0.15) is 30.6 Å². The van der Waals surface area contributed by atoms with Crippen molar-refractivity contribution in [3.8, 4) is 17.2 Å². The van der Waals surface area contributed by atoms with Gasteiger partial charge in [-0.1, -0.05) is 37.0 Å². The summed E-state index contributed by atoms with van der Waals surface area (Å²) in [6, 6.07) is 5.22. The van der Waals surface area contributed by atoms with E-state index in [1.807, 2.05) is 12.1 Å². The first-order chi connectivity index (χ1) is 19.4. The molecule has 0 bridgehead atoms. The Kier molecular flexibility index (Phi) is 10.2. The van der Waals surface area contributed by atoms with Crippen molar-refractivity contribution in [2.45, 2.75) is 20.3 Å². The average molecular weight is 606 g/mol. The molecule has 3 aromatic heterocycles. The lowest BCUT2D eigenvalue weighted by Crippen LogP contribution is -2.25. The van der Waals surface area contributed by atoms with Crippen LogP contribution in [0.3, 0.4) is 0 Å². The maximum absolute atomic E-state index is 13.3. The molecule has 0 saturated carbocycles. The van der Waals surface area contributed by atoms with Crippen LogP contribution in [0.4, 0.5) is 17.3 Å². The number of thiophene rings is 1. The molecule has 0 spiro atoms. The highest BCUT2D eigenvalue weighted by Crippen LogP contribution is 2.44. The summed E-state index contributed by atoms with van der Waals surface area (Å²) < 4.78 is 17.1. The van der Waals surface area contributed by atoms with E-state index in [2.05, 4.69) is 44.3 Å². The van der Waals surface area contributed by atoms with Crippen molar-refractivity contribution in [2.24, 2.45) is 0 Å². The van der Waals surface area contributed by atoms with Crippen LogP contribution >= 0.6 is 34.5 Å². The van der Waals surface area contributed by atoms with Gasteiger partial charge in [-0.05, 0) is 31.6 Å². The number of carbonyl (C=O) groups excluding carboxylic acids is 1. The molecular weight excluding hydrogens is 575 g/mol. The van der Waals surface area contributed by atoms with Crippen molar-refractivity contribution in [1.29, 1.82) is 0 Å². The van der Waals surface area contributed by atoms with Gasteiger partial charge in [0.05, 0.1) is 48.5 Å². The topological polar surface area (TPSA) is 111 Å². The number of ether oxygens (including phenoxy) is 3. The lowest BCUT2D eigenvalue weighted by Gasteiger charge is -2.17. The number of halogens is 2. The Labute approximate surface area is 246 Å². The summed E-state index contributed by atoms with van der Waals surface area (Å²) in [5.41, 5.74) is 0.979. The van der Waals surface area contributed by atoms with E-state index in [0.29, 0.717) is 51.3 Å². The van der Waals surface area contributed by atoms with Crippen LogP contribution in [0.2, 0.25) is 10.0 Å². The van der Waals surface area contributed by atoms with Crippen LogP contribution in [0.15, 0.2) is 36.1 Å². The Bertz CT molecular complexity index is 1440. The van der Waals surface area contributed by atoms with Gasteiger partial charge in [-0.25, -0.2) is 15.0 Å². The molecule has 10 nitrogen and oxygen atoms in total. The second-order valence-corrected chi connectivity index (χ2v) is 10.2. The predicted molar refractivity (Wildman–Crippen MR) is 160 cm³/mol. The summed E-state index contributed by atoms with van der Waals surface area (Å²) in [6.45, 7) is 8.00. The van der Waals surface area contributed by atoms with Gasteiger partial charge in [-0.3, -0.25) is 4.79 Å². The molecule has 4 aromatic rings. The fourth-order valence-corrected chi connectivity index (χ4v) is 5.50. The van der Waals surface area contributed by atoms with E-state index in [4.69, 9.17) is 37.4 Å². The Hall–Kier alpha value is -3.38. The van der Waals surface area contributed by atoms with Gasteiger partial charge in [0.25, 0.3) is 5.91 Å². The minimum atomic E-state index is -0.448. The Morgan fingerprint density at radius 2 is 1.77 bits per heavy atom. The third kappa shape index (κ3) is 6.67. The molecular formula is C27H30Cl2N6O4S. The van der Waals surface area contributed by atoms with Gasteiger partial charge in [-0.15, -0.1) is 11.3 Å². The Morgan fingerprint density at radius 1 is 1.05 bits per heavy atom. The number of pyridine rings is 1. The zero-order chi connectivity index (χ0) is 28.6. The molecule has 0 aliphatic heterocycles. The third-order valence-electron chi connectivity index (χ3n) is 6.18. The SMILES string of the molecule is CCN(CC)CCCOc1ccc(Nc2ncnc3c(C(=O)Nc4c(Cl)c(OC)cc(OC)c4Cl)csc23)nc1. The second-order valence-electron chi connectivity index (χ2n) is 8.52. The monoisotopic (exact) mass is 604 g/mol. The first-order valence-electron chi connectivity index (χ1n) is 12.6. The van der Waals surface area contributed by atoms with Gasteiger partial charge < -0.3 is 29.7 Å². The van der Waals surface area contributed by atoms with Crippen molar-refractivity contribution >= 4 is 68.0 Å². The number of methoxy groups -OCH3 is 2. The molecule has 1 amide bonds. The molecule has 0 unspecified atom stereocenters. The molecule has 4 rings (SSSR count). The van der Waals surface area contributed by atoms with Crippen molar-refractivity contribution in [2.75, 3.05) is 51.1 Å². The maximum Gasteiger partial charge on any atom is 0.258 e. The summed E-state index contributed by atoms with van der Waals surface area (Å²) in [5.74, 6) is 1.97. The molecule has 0 saturated heterocycles. The zero-order valence-electron chi connectivity index (χ0n) is 22.6. The van der Waals surface area contributed by atoms with Crippen LogP contribution < -0.4 is 24.8 Å². The van der Waals surface area contributed by atoms with Gasteiger partial charge >= 0.3 is 0 Å². The largest absolute Gasteiger partial charge is 0.495 e. The highest BCUT2D eigenvalue weighted by molar-refractivity contribution is 7.18. The highest BCUT2D eigenvalue weighted by Gasteiger charge is 2.22. The predicted octanol–water partition coefficient (Wildman–Crippen LogP) is 6.52. The Morgan fingerprint density at radius 3 is 2.40 bits per heavy atom. The number of hydrogen-bond acceptors (Lipinski definition) is 10. The molecule has 0 atom stereocenters. The quantitative estimate of drug-likeness (QED) is 0.165. The van der Waals surface area contributed by atoms with E-state index in [1.54, 1.807) is 17.6 Å². The molecule has 0 aliphatic carbocycles. The molecule has 13 heteroatoms. The standard InChI is InChI=1S/C27H30Cl2N6O4S/c1-5-35(6-2)10-7-11-39-16-8-9-20(30-13-16)33-26-25-23(31-15-32-26)17(14-40-25)27(36)34-24-21(28)18(37-3)12-19(38-4)22(24)29/h8-9,12-15H,5-7,10-11H2,1-4H3,(H,34,36)(H,30,31,32,33). The lowest BCUT2D eigenvalue weighted by atomic mass is 10.2. The number of nitrogens with zero attached hydrogens (tertiary/aromatic N) is 4. The molecule has 212 valence electrons. The first-order valence-corrected chi connectivity index (χ1v) is 14.2. The fraction of sp³-hybridized carbons (Fsp3) is 0.333. The van der Waals surface area contributed by atoms with E-state index in [1.165, 1.54) is 31.9 Å². The number of rotatable bonds is 13. The van der Waals surface area contributed by atoms with Crippen LogP contribution in [0.5, 0.6) is 17.2 Å². The number of benzene rings is 1. The number of anilines is 3. The van der Waals surface area contributed by atoms with E-state index < -0.39 is 5.91 Å². The smallest absolute Gasteiger partial charge is 0.258 e. The molecule has 0 aliphatic rings. The minimum absolute atomic E-state index is 0.153. The van der Waals surface area contributed by atoms with E-state index in [0.717, 1.165) is 26.1 Å². The number of carbonyl (C=O) groups is 1. The van der Waals surface area contributed by atoms with Gasteiger partial charge in [0.2, 0.25) is 0 Å². The van der Waals surface area contributed by atoms with Crippen molar-refractivity contribution in [1.82, 2.24) is 19.9 Å². The second kappa shape index (κ2) is 13.8. The van der Waals surface area contributed by atoms with Crippen LogP contribution in [0, 0.1) is 0 Å². The van der Waals surface area contributed by atoms with E-state index in [-0.39, 0.29) is 15.7 Å². The Balaban J connectivity index is 1.47. The number of aromatic nitrogens is 3. The van der Waals surface area contributed by atoms with Crippen LogP contribution in [-0.4, -0.2) is 66.2 Å². The van der Waals surface area contributed by atoms with Crippen molar-refractivity contribution in [3.63, 3.8) is 0 Å². The summed E-state index contributed by atoms with van der Waals surface area (Å²) in [7, 11) is 2.92. The molecule has 1 aromatic carbocycles. The summed E-state index contributed by atoms with van der Waals surface area (Å²) in [4.78, 5) is 28.8. The number of fused-ring (bicyclic) bond motifs is 1. The van der Waals surface area contributed by atoms with Gasteiger partial charge in [-0.2, -0.15) is 0 Å². The lowest BCUT2D eigenvalue weighted by molar-refractivity contribution is 0.102. The van der Waals surface area contributed by atoms with Gasteiger partial charge in [0.15, 0.2) is 5.82 Å². The van der Waals surface area contributed by atoms with Crippen molar-refractivity contribution < 1.29 is 19.0 Å². The molecule has 2 N–H and O–H groups in total. The van der Waals surface area contributed by atoms with Gasteiger partial charge in [0, 0.05) is 18.0 Å². The average Bonchev–Trinajstić information content (AvgIpc) is 3.42. The molecule has 0 fully saturated rings. The van der Waals surface area contributed by atoms with E-state index >= 15 is 0 Å². The van der Waals surface area contributed by atoms with E-state index in [9.17, 15) is 4.79 Å². The van der Waals surface area contributed by atoms with Crippen molar-refractivity contribution in [3.05, 3.63) is 51.7 Å². The normalized spacial score (nSPS) is 11.1. The number of amides is 1. The zero-order valence-corrected chi connectivity index (χ0v) is 24.9. The fourth-order valence-electron chi connectivity index (χ4n) is 3.96. The maximum atomic E-state index is 13.3. The van der Waals surface area contributed by atoms with Crippen LogP contribution in [0.25, 0.3) is 10.2 Å². The number of hydrogen-bond donors (Lipinski definition) is 2. The number of nitrogens with one attached hydrogen (secondary N) is 2. The van der Waals surface area contributed by atoms with Gasteiger partial charge in [0.1, 0.15) is 39.4 Å². The summed E-state index contributed by atoms with van der Waals surface area (Å²) in [5, 5.41) is 7.97. The molecule has 40 heavy (non-hydrogen) atoms. The minimum Gasteiger partial charge on any atom is -0.495 e. The molecule has 0 radical (unpaired) electrons. The first kappa shape index (κ1) is 29.6. The summed E-state index contributed by atoms with van der Waals surface area (Å²) >= 11 is 14.2. The third-order valence-corrected chi connectivity index (χ3v) is 7.90. The highest BCUT2D eigenvalue weighted by atomic mass is 35.5. The van der Waals surface area contributed by atoms with Crippen LogP contribution in [-0.2, 0) is 0 Å².